The van der Waals surface area contributed by atoms with Crippen molar-refractivity contribution in [2.45, 2.75) is 52.1 Å². The number of carbonyl (C=O) groups is 2. The number of aliphatic carboxylic acids is 1. The summed E-state index contributed by atoms with van der Waals surface area (Å²) >= 11 is 0.945. The van der Waals surface area contributed by atoms with Crippen molar-refractivity contribution in [1.29, 1.82) is 0 Å². The molecule has 6 nitrogen and oxygen atoms in total. The molecule has 148 valence electrons. The molecule has 2 atom stereocenters. The third-order valence-corrected chi connectivity index (χ3v) is 4.63. The van der Waals surface area contributed by atoms with E-state index in [1.54, 1.807) is 13.0 Å². The molecule has 27 heavy (non-hydrogen) atoms. The van der Waals surface area contributed by atoms with E-state index in [-0.39, 0.29) is 16.4 Å². The zero-order valence-corrected chi connectivity index (χ0v) is 16.5. The van der Waals surface area contributed by atoms with E-state index in [1.807, 2.05) is 6.08 Å². The van der Waals surface area contributed by atoms with E-state index in [1.165, 1.54) is 17.5 Å². The number of ketones is 1. The molecule has 7 heteroatoms. The molecule has 0 aliphatic heterocycles. The van der Waals surface area contributed by atoms with E-state index in [4.69, 9.17) is 5.11 Å². The number of carboxylic acids is 1. The molecule has 1 aromatic heterocycles. The van der Waals surface area contributed by atoms with E-state index in [0.29, 0.717) is 25.2 Å². The average Bonchev–Trinajstić information content (AvgIpc) is 3.02. The summed E-state index contributed by atoms with van der Waals surface area (Å²) in [5.74, 6) is -0.882. The Balaban J connectivity index is 2.24. The predicted molar refractivity (Wildman–Crippen MR) is 107 cm³/mol. The zero-order valence-electron chi connectivity index (χ0n) is 15.7. The number of H-pyrrole nitrogens is 1. The average molecular weight is 394 g/mol. The molecule has 1 rings (SSSR count). The van der Waals surface area contributed by atoms with Crippen LogP contribution in [-0.4, -0.2) is 33.1 Å². The third-order valence-electron chi connectivity index (χ3n) is 3.96. The van der Waals surface area contributed by atoms with Crippen LogP contribution in [0.1, 0.15) is 56.4 Å². The summed E-state index contributed by atoms with van der Waals surface area (Å²) in [6.45, 7) is 3.87. The fourth-order valence-electron chi connectivity index (χ4n) is 2.41. The largest absolute Gasteiger partial charge is 0.478 e. The molecule has 0 saturated heterocycles. The first-order chi connectivity index (χ1) is 12.8. The van der Waals surface area contributed by atoms with Crippen LogP contribution in [0.5, 0.6) is 0 Å². The van der Waals surface area contributed by atoms with Gasteiger partial charge in [-0.2, -0.15) is 0 Å². The molecule has 0 amide bonds. The smallest absolute Gasteiger partial charge is 0.328 e. The maximum absolute atomic E-state index is 11.8. The Hall–Kier alpha value is -2.25. The van der Waals surface area contributed by atoms with E-state index < -0.39 is 12.1 Å². The summed E-state index contributed by atoms with van der Waals surface area (Å²) in [6, 6.07) is 0. The van der Waals surface area contributed by atoms with Gasteiger partial charge in [0.2, 0.25) is 5.78 Å². The Kier molecular flexibility index (Phi) is 10.3. The van der Waals surface area contributed by atoms with Crippen LogP contribution in [0.2, 0.25) is 0 Å². The van der Waals surface area contributed by atoms with E-state index in [0.717, 1.165) is 29.8 Å². The molecule has 0 saturated carbocycles. The zero-order chi connectivity index (χ0) is 20.2. The van der Waals surface area contributed by atoms with Gasteiger partial charge in [0.15, 0.2) is 0 Å². The van der Waals surface area contributed by atoms with Crippen LogP contribution in [0, 0.1) is 5.92 Å². The molecular weight excluding hydrogens is 366 g/mol. The lowest BCUT2D eigenvalue weighted by atomic mass is 10.00. The molecule has 1 aromatic rings. The number of rotatable bonds is 12. The van der Waals surface area contributed by atoms with Crippen LogP contribution < -0.4 is 4.87 Å². The van der Waals surface area contributed by atoms with Gasteiger partial charge in [0.05, 0.1) is 11.8 Å². The van der Waals surface area contributed by atoms with Crippen molar-refractivity contribution >= 4 is 23.1 Å². The van der Waals surface area contributed by atoms with Crippen molar-refractivity contribution in [3.8, 4) is 0 Å². The summed E-state index contributed by atoms with van der Waals surface area (Å²) in [6.07, 6.45) is 11.1. The second-order valence-corrected chi connectivity index (χ2v) is 7.41. The molecule has 1 heterocycles. The Morgan fingerprint density at radius 3 is 2.67 bits per heavy atom. The van der Waals surface area contributed by atoms with Crippen LogP contribution in [-0.2, 0) is 4.79 Å². The van der Waals surface area contributed by atoms with Crippen molar-refractivity contribution in [2.75, 3.05) is 0 Å². The number of aliphatic hydroxyl groups is 1. The van der Waals surface area contributed by atoms with Crippen LogP contribution in [0.3, 0.4) is 0 Å². The van der Waals surface area contributed by atoms with Crippen molar-refractivity contribution in [3.05, 3.63) is 56.7 Å². The lowest BCUT2D eigenvalue weighted by Gasteiger charge is -2.10. The standard InChI is InChI=1S/C20H27NO5S/c1-14(6-3-4-7-15(2)12-19(24)25)10-11-16(22)8-5-9-18(23)17-13-27-20(26)21-17/h3,5-6,9,12-14,16,22H,4,7-8,10-11H2,1-2H3,(H,21,26)(H,24,25)/b6-3-,9-5-,15-12-/t14-,16-/m1/s1. The van der Waals surface area contributed by atoms with E-state index >= 15 is 0 Å². The molecule has 0 aliphatic carbocycles. The number of aromatic nitrogens is 1. The van der Waals surface area contributed by atoms with Gasteiger partial charge in [-0.15, -0.1) is 0 Å². The number of aliphatic hydroxyl groups excluding tert-OH is 1. The first-order valence-electron chi connectivity index (χ1n) is 8.91. The Bertz CT molecular complexity index is 756. The third kappa shape index (κ3) is 10.5. The maximum atomic E-state index is 11.8. The van der Waals surface area contributed by atoms with E-state index in [2.05, 4.69) is 18.0 Å². The van der Waals surface area contributed by atoms with Crippen molar-refractivity contribution in [2.24, 2.45) is 5.92 Å². The molecule has 0 aliphatic rings. The minimum Gasteiger partial charge on any atom is -0.478 e. The monoisotopic (exact) mass is 393 g/mol. The summed E-state index contributed by atoms with van der Waals surface area (Å²) in [7, 11) is 0. The highest BCUT2D eigenvalue weighted by molar-refractivity contribution is 7.07. The second kappa shape index (κ2) is 12.2. The fourth-order valence-corrected chi connectivity index (χ4v) is 2.98. The minimum absolute atomic E-state index is 0.262. The number of hydrogen-bond donors (Lipinski definition) is 3. The summed E-state index contributed by atoms with van der Waals surface area (Å²) in [4.78, 5) is 35.5. The quantitative estimate of drug-likeness (QED) is 0.285. The number of allylic oxidation sites excluding steroid dienone is 4. The summed E-state index contributed by atoms with van der Waals surface area (Å²) in [5, 5.41) is 20.1. The first kappa shape index (κ1) is 22.8. The molecule has 0 aromatic carbocycles. The van der Waals surface area contributed by atoms with Gasteiger partial charge < -0.3 is 15.2 Å². The summed E-state index contributed by atoms with van der Waals surface area (Å²) < 4.78 is 0. The minimum atomic E-state index is -0.918. The van der Waals surface area contributed by atoms with Crippen LogP contribution in [0.4, 0.5) is 0 Å². The van der Waals surface area contributed by atoms with Gasteiger partial charge in [0, 0.05) is 11.5 Å². The molecule has 0 fully saturated rings. The van der Waals surface area contributed by atoms with Gasteiger partial charge in [-0.3, -0.25) is 9.59 Å². The molecule has 0 bridgehead atoms. The lowest BCUT2D eigenvalue weighted by molar-refractivity contribution is -0.131. The SMILES string of the molecule is C/C(=C/C(=O)O)CC/C=C\[C@@H](C)CC[C@H](O)C/C=C\C(=O)c1csc(=O)[nH]1. The van der Waals surface area contributed by atoms with Gasteiger partial charge in [-0.05, 0) is 51.0 Å². The highest BCUT2D eigenvalue weighted by Crippen LogP contribution is 2.13. The van der Waals surface area contributed by atoms with Gasteiger partial charge in [0.25, 0.3) is 0 Å². The second-order valence-electron chi connectivity index (χ2n) is 6.57. The van der Waals surface area contributed by atoms with Gasteiger partial charge >= 0.3 is 10.8 Å². The number of carbonyl (C=O) groups excluding carboxylic acids is 1. The van der Waals surface area contributed by atoms with E-state index in [9.17, 15) is 19.5 Å². The van der Waals surface area contributed by atoms with Crippen LogP contribution >= 0.6 is 11.3 Å². The Labute approximate surface area is 162 Å². The van der Waals surface area contributed by atoms with Crippen molar-refractivity contribution < 1.29 is 19.8 Å². The molecular formula is C20H27NO5S. The number of aromatic amines is 1. The summed E-state index contributed by atoms with van der Waals surface area (Å²) in [5.41, 5.74) is 1.10. The fraction of sp³-hybridized carbons (Fsp3) is 0.450. The highest BCUT2D eigenvalue weighted by Gasteiger charge is 2.07. The Morgan fingerprint density at radius 2 is 2.04 bits per heavy atom. The number of carboxylic acid groups (broad SMARTS) is 1. The number of nitrogens with one attached hydrogen (secondary N) is 1. The molecule has 3 N–H and O–H groups in total. The first-order valence-corrected chi connectivity index (χ1v) is 9.79. The van der Waals surface area contributed by atoms with Crippen molar-refractivity contribution in [1.82, 2.24) is 4.98 Å². The molecule has 0 radical (unpaired) electrons. The molecule has 0 unspecified atom stereocenters. The van der Waals surface area contributed by atoms with Gasteiger partial charge in [-0.25, -0.2) is 4.79 Å². The normalized spacial score (nSPS) is 14.7. The lowest BCUT2D eigenvalue weighted by Crippen LogP contribution is -2.07. The molecule has 0 spiro atoms. The number of hydrogen-bond acceptors (Lipinski definition) is 5. The Morgan fingerprint density at radius 1 is 1.30 bits per heavy atom. The maximum Gasteiger partial charge on any atom is 0.328 e. The number of thiazole rings is 1. The van der Waals surface area contributed by atoms with Crippen molar-refractivity contribution in [3.63, 3.8) is 0 Å². The highest BCUT2D eigenvalue weighted by atomic mass is 32.1. The van der Waals surface area contributed by atoms with Gasteiger partial charge in [0.1, 0.15) is 0 Å². The van der Waals surface area contributed by atoms with Crippen LogP contribution in [0.25, 0.3) is 0 Å². The van der Waals surface area contributed by atoms with Gasteiger partial charge in [-0.1, -0.05) is 42.1 Å². The topological polar surface area (TPSA) is 107 Å². The van der Waals surface area contributed by atoms with Crippen LogP contribution in [0.15, 0.2) is 46.1 Å². The predicted octanol–water partition coefficient (Wildman–Crippen LogP) is 3.71.